The third-order valence-corrected chi connectivity index (χ3v) is 2.43. The number of nitrogens with one attached hydrogen (secondary N) is 1. The summed E-state index contributed by atoms with van der Waals surface area (Å²) >= 11 is 0. The largest absolute Gasteiger partial charge is 0.464 e. The van der Waals surface area contributed by atoms with Gasteiger partial charge in [-0.15, -0.1) is 0 Å². The van der Waals surface area contributed by atoms with Gasteiger partial charge in [0.15, 0.2) is 0 Å². The third-order valence-electron chi connectivity index (χ3n) is 2.43. The number of hydrogen-bond acceptors (Lipinski definition) is 5. The molecule has 1 aromatic carbocycles. The molecule has 0 spiro atoms. The number of esters is 1. The molecule has 0 amide bonds. The number of hydrogen-bond donors (Lipinski definition) is 1. The second-order valence-corrected chi connectivity index (χ2v) is 3.88. The van der Waals surface area contributed by atoms with Crippen LogP contribution in [0.4, 0.5) is 11.4 Å². The summed E-state index contributed by atoms with van der Waals surface area (Å²) in [6.45, 7) is 5.33. The fourth-order valence-corrected chi connectivity index (χ4v) is 1.47. The zero-order chi connectivity index (χ0) is 13.7. The zero-order valence-corrected chi connectivity index (χ0v) is 10.6. The van der Waals surface area contributed by atoms with Crippen molar-refractivity contribution in [3.63, 3.8) is 0 Å². The zero-order valence-electron chi connectivity index (χ0n) is 10.6. The highest BCUT2D eigenvalue weighted by Crippen LogP contribution is 2.22. The first-order chi connectivity index (χ1) is 8.45. The molecule has 0 aromatic heterocycles. The van der Waals surface area contributed by atoms with Gasteiger partial charge in [0.25, 0.3) is 5.69 Å². The normalized spacial score (nSPS) is 11.7. The molecule has 6 heteroatoms. The van der Waals surface area contributed by atoms with Crippen molar-refractivity contribution in [2.24, 2.45) is 0 Å². The molecule has 1 aromatic rings. The summed E-state index contributed by atoms with van der Waals surface area (Å²) in [7, 11) is 0. The van der Waals surface area contributed by atoms with E-state index >= 15 is 0 Å². The Bertz CT molecular complexity index is 459. The van der Waals surface area contributed by atoms with Crippen molar-refractivity contribution in [1.29, 1.82) is 0 Å². The molecule has 1 rings (SSSR count). The SMILES string of the molecule is CCOC(=O)C(C)Nc1ccc(C)c([N+](=O)[O-])c1. The van der Waals surface area contributed by atoms with Crippen molar-refractivity contribution in [1.82, 2.24) is 0 Å². The molecule has 0 aliphatic heterocycles. The molecule has 98 valence electrons. The smallest absolute Gasteiger partial charge is 0.328 e. The summed E-state index contributed by atoms with van der Waals surface area (Å²) in [6, 6.07) is 4.19. The Morgan fingerprint density at radius 1 is 1.56 bits per heavy atom. The Kier molecular flexibility index (Phi) is 4.65. The number of nitro benzene ring substituents is 1. The lowest BCUT2D eigenvalue weighted by molar-refractivity contribution is -0.385. The van der Waals surface area contributed by atoms with E-state index in [0.29, 0.717) is 17.9 Å². The summed E-state index contributed by atoms with van der Waals surface area (Å²) in [4.78, 5) is 21.7. The molecule has 0 radical (unpaired) electrons. The van der Waals surface area contributed by atoms with E-state index in [2.05, 4.69) is 5.32 Å². The summed E-state index contributed by atoms with van der Waals surface area (Å²) in [5.41, 5.74) is 1.12. The first kappa shape index (κ1) is 14.0. The first-order valence-corrected chi connectivity index (χ1v) is 5.64. The van der Waals surface area contributed by atoms with Crippen molar-refractivity contribution in [2.75, 3.05) is 11.9 Å². The Morgan fingerprint density at radius 2 is 2.22 bits per heavy atom. The highest BCUT2D eigenvalue weighted by molar-refractivity contribution is 5.79. The number of nitrogens with zero attached hydrogens (tertiary/aromatic N) is 1. The number of ether oxygens (including phenoxy) is 1. The second kappa shape index (κ2) is 6.00. The van der Waals surface area contributed by atoms with Gasteiger partial charge in [0.05, 0.1) is 11.5 Å². The molecule has 1 unspecified atom stereocenters. The van der Waals surface area contributed by atoms with Crippen molar-refractivity contribution in [3.05, 3.63) is 33.9 Å². The minimum absolute atomic E-state index is 0.0241. The Balaban J connectivity index is 2.82. The van der Waals surface area contributed by atoms with E-state index in [9.17, 15) is 14.9 Å². The second-order valence-electron chi connectivity index (χ2n) is 3.88. The van der Waals surface area contributed by atoms with Gasteiger partial charge >= 0.3 is 5.97 Å². The maximum absolute atomic E-state index is 11.4. The van der Waals surface area contributed by atoms with Crippen LogP contribution in [-0.2, 0) is 9.53 Å². The van der Waals surface area contributed by atoms with Gasteiger partial charge in [-0.3, -0.25) is 10.1 Å². The van der Waals surface area contributed by atoms with Crippen LogP contribution >= 0.6 is 0 Å². The van der Waals surface area contributed by atoms with Crippen LogP contribution in [0.15, 0.2) is 18.2 Å². The highest BCUT2D eigenvalue weighted by atomic mass is 16.6. The van der Waals surface area contributed by atoms with Crippen LogP contribution in [0.5, 0.6) is 0 Å². The third kappa shape index (κ3) is 3.44. The number of aryl methyl sites for hydroxylation is 1. The first-order valence-electron chi connectivity index (χ1n) is 5.64. The standard InChI is InChI=1S/C12H16N2O4/c1-4-18-12(15)9(3)13-10-6-5-8(2)11(7-10)14(16)17/h5-7,9,13H,4H2,1-3H3. The van der Waals surface area contributed by atoms with Gasteiger partial charge in [-0.1, -0.05) is 6.07 Å². The molecular weight excluding hydrogens is 236 g/mol. The fraction of sp³-hybridized carbons (Fsp3) is 0.417. The van der Waals surface area contributed by atoms with Crippen LogP contribution in [0.1, 0.15) is 19.4 Å². The molecule has 0 bridgehead atoms. The van der Waals surface area contributed by atoms with E-state index in [1.807, 2.05) is 0 Å². The van der Waals surface area contributed by atoms with Gasteiger partial charge in [-0.2, -0.15) is 0 Å². The minimum Gasteiger partial charge on any atom is -0.464 e. The Labute approximate surface area is 105 Å². The molecule has 0 saturated carbocycles. The van der Waals surface area contributed by atoms with E-state index < -0.39 is 11.0 Å². The van der Waals surface area contributed by atoms with E-state index in [1.165, 1.54) is 6.07 Å². The van der Waals surface area contributed by atoms with Crippen LogP contribution in [0.3, 0.4) is 0 Å². The van der Waals surface area contributed by atoms with Gasteiger partial charge in [0, 0.05) is 17.3 Å². The van der Waals surface area contributed by atoms with Crippen LogP contribution in [0, 0.1) is 17.0 Å². The number of carbonyl (C=O) groups is 1. The molecule has 0 saturated heterocycles. The van der Waals surface area contributed by atoms with Gasteiger partial charge in [-0.25, -0.2) is 4.79 Å². The van der Waals surface area contributed by atoms with E-state index in [0.717, 1.165) is 0 Å². The number of benzene rings is 1. The average Bonchev–Trinajstić information content (AvgIpc) is 2.31. The number of anilines is 1. The quantitative estimate of drug-likeness (QED) is 0.494. The van der Waals surface area contributed by atoms with Gasteiger partial charge < -0.3 is 10.1 Å². The van der Waals surface area contributed by atoms with Gasteiger partial charge in [0.2, 0.25) is 0 Å². The molecule has 18 heavy (non-hydrogen) atoms. The lowest BCUT2D eigenvalue weighted by atomic mass is 10.1. The number of rotatable bonds is 5. The van der Waals surface area contributed by atoms with Crippen molar-refractivity contribution in [2.45, 2.75) is 26.8 Å². The van der Waals surface area contributed by atoms with Crippen LogP contribution in [0.25, 0.3) is 0 Å². The summed E-state index contributed by atoms with van der Waals surface area (Å²) in [5, 5.41) is 13.7. The Hall–Kier alpha value is -2.11. The maximum atomic E-state index is 11.4. The lowest BCUT2D eigenvalue weighted by Crippen LogP contribution is -2.28. The number of nitro groups is 1. The van der Waals surface area contributed by atoms with Crippen molar-refractivity contribution in [3.8, 4) is 0 Å². The van der Waals surface area contributed by atoms with E-state index in [4.69, 9.17) is 4.74 Å². The van der Waals surface area contributed by atoms with Crippen LogP contribution in [-0.4, -0.2) is 23.5 Å². The summed E-state index contributed by atoms with van der Waals surface area (Å²) < 4.78 is 4.84. The van der Waals surface area contributed by atoms with Gasteiger partial charge in [0.1, 0.15) is 6.04 Å². The van der Waals surface area contributed by atoms with Crippen molar-refractivity contribution >= 4 is 17.3 Å². The lowest BCUT2D eigenvalue weighted by Gasteiger charge is -2.13. The molecular formula is C12H16N2O4. The Morgan fingerprint density at radius 3 is 2.78 bits per heavy atom. The van der Waals surface area contributed by atoms with Gasteiger partial charge in [-0.05, 0) is 26.8 Å². The topological polar surface area (TPSA) is 81.5 Å². The summed E-state index contributed by atoms with van der Waals surface area (Å²) in [5.74, 6) is -0.388. The number of carbonyl (C=O) groups excluding carboxylic acids is 1. The predicted molar refractivity (Wildman–Crippen MR) is 67.6 cm³/mol. The molecule has 0 fully saturated rings. The fourth-order valence-electron chi connectivity index (χ4n) is 1.47. The highest BCUT2D eigenvalue weighted by Gasteiger charge is 2.16. The maximum Gasteiger partial charge on any atom is 0.328 e. The van der Waals surface area contributed by atoms with E-state index in [1.54, 1.807) is 32.9 Å². The van der Waals surface area contributed by atoms with Crippen LogP contribution < -0.4 is 5.32 Å². The molecule has 1 atom stereocenters. The molecule has 0 aliphatic carbocycles. The van der Waals surface area contributed by atoms with E-state index in [-0.39, 0.29) is 11.7 Å². The molecule has 6 nitrogen and oxygen atoms in total. The predicted octanol–water partition coefficient (Wildman–Crippen LogP) is 2.27. The average molecular weight is 252 g/mol. The minimum atomic E-state index is -0.549. The van der Waals surface area contributed by atoms with Crippen molar-refractivity contribution < 1.29 is 14.5 Å². The molecule has 0 aliphatic rings. The summed E-state index contributed by atoms with van der Waals surface area (Å²) in [6.07, 6.45) is 0. The van der Waals surface area contributed by atoms with Crippen LogP contribution in [0.2, 0.25) is 0 Å². The monoisotopic (exact) mass is 252 g/mol. The molecule has 1 N–H and O–H groups in total. The molecule has 0 heterocycles.